The number of hydrogen-bond acceptors (Lipinski definition) is 5. The molecule has 1 heterocycles. The van der Waals surface area contributed by atoms with Gasteiger partial charge in [-0.25, -0.2) is 0 Å². The quantitative estimate of drug-likeness (QED) is 0.379. The molecule has 2 rings (SSSR count). The first-order chi connectivity index (χ1) is 13.7. The van der Waals surface area contributed by atoms with Crippen molar-refractivity contribution in [3.8, 4) is 0 Å². The fraction of sp³-hybridized carbons (Fsp3) is 0.917. The molecule has 1 unspecified atom stereocenters. The Bertz CT molecular complexity index is 672. The molecule has 5 atom stereocenters. The monoisotopic (exact) mass is 472 g/mol. The molecule has 1 aliphatic heterocycles. The summed E-state index contributed by atoms with van der Waals surface area (Å²) in [6, 6.07) is 0. The van der Waals surface area contributed by atoms with Crippen LogP contribution in [0, 0.1) is 0 Å². The second-order valence-electron chi connectivity index (χ2n) is 12.8. The lowest BCUT2D eigenvalue weighted by molar-refractivity contribution is -0.156. The smallest absolute Gasteiger partial charge is 0.193 e. The van der Waals surface area contributed by atoms with Crippen molar-refractivity contribution < 1.29 is 23.4 Å². The van der Waals surface area contributed by atoms with Gasteiger partial charge < -0.3 is 23.4 Å². The van der Waals surface area contributed by atoms with E-state index >= 15 is 0 Å². The molecule has 0 aromatic rings. The van der Waals surface area contributed by atoms with E-state index in [2.05, 4.69) is 73.8 Å². The van der Waals surface area contributed by atoms with Crippen molar-refractivity contribution in [2.75, 3.05) is 0 Å². The van der Waals surface area contributed by atoms with Crippen LogP contribution >= 0.6 is 0 Å². The Hall–Kier alpha value is -0.0262. The van der Waals surface area contributed by atoms with E-state index in [9.17, 15) is 5.11 Å². The zero-order valence-electron chi connectivity index (χ0n) is 22.3. The number of rotatable bonds is 6. The Labute approximate surface area is 193 Å². The van der Waals surface area contributed by atoms with Gasteiger partial charge in [0.1, 0.15) is 18.3 Å². The molecule has 2 aliphatic rings. The Morgan fingerprint density at radius 2 is 1.45 bits per heavy atom. The van der Waals surface area contributed by atoms with Crippen molar-refractivity contribution in [1.29, 1.82) is 0 Å². The highest BCUT2D eigenvalue weighted by molar-refractivity contribution is 6.74. The van der Waals surface area contributed by atoms with Crippen molar-refractivity contribution in [3.63, 3.8) is 0 Å². The molecule has 1 fully saturated rings. The van der Waals surface area contributed by atoms with Crippen molar-refractivity contribution in [1.82, 2.24) is 0 Å². The van der Waals surface area contributed by atoms with Crippen LogP contribution in [0.15, 0.2) is 11.6 Å². The van der Waals surface area contributed by atoms with Gasteiger partial charge in [-0.2, -0.15) is 0 Å². The summed E-state index contributed by atoms with van der Waals surface area (Å²) in [5, 5.41) is 11.0. The standard InChI is InChI=1S/C24H48O5Si2/c1-14-17(25)16-15-18(28-30(10,11)22(2,3)4)20(29-31(12,13)23(5,6)7)21-19(16)26-24(8,9)27-21/h15,17-21,25H,14H2,1-13H3/t17?,18-,19+,20+,21+/m0/s1. The van der Waals surface area contributed by atoms with Crippen LogP contribution in [0.3, 0.4) is 0 Å². The summed E-state index contributed by atoms with van der Waals surface area (Å²) in [5.74, 6) is -0.733. The van der Waals surface area contributed by atoms with Crippen molar-refractivity contribution >= 4 is 16.6 Å². The van der Waals surface area contributed by atoms with Crippen LogP contribution in [0.2, 0.25) is 36.3 Å². The molecule has 0 aromatic carbocycles. The third kappa shape index (κ3) is 5.73. The minimum atomic E-state index is -2.11. The minimum absolute atomic E-state index is 0.0614. The summed E-state index contributed by atoms with van der Waals surface area (Å²) < 4.78 is 26.7. The fourth-order valence-electron chi connectivity index (χ4n) is 3.66. The van der Waals surface area contributed by atoms with Crippen LogP contribution in [-0.4, -0.2) is 58.0 Å². The minimum Gasteiger partial charge on any atom is -0.408 e. The van der Waals surface area contributed by atoms with Gasteiger partial charge in [-0.3, -0.25) is 0 Å². The molecule has 1 aliphatic carbocycles. The molecule has 5 nitrogen and oxygen atoms in total. The lowest BCUT2D eigenvalue weighted by atomic mass is 9.86. The fourth-order valence-corrected chi connectivity index (χ4v) is 6.20. The van der Waals surface area contributed by atoms with Gasteiger partial charge in [0.25, 0.3) is 0 Å². The summed E-state index contributed by atoms with van der Waals surface area (Å²) in [6.07, 6.45) is 0.973. The first-order valence-electron chi connectivity index (χ1n) is 11.8. The van der Waals surface area contributed by atoms with E-state index in [1.165, 1.54) is 0 Å². The Kier molecular flexibility index (Phi) is 7.58. The molecule has 1 N–H and O–H groups in total. The molecule has 0 saturated carbocycles. The van der Waals surface area contributed by atoms with Crippen LogP contribution < -0.4 is 0 Å². The summed E-state index contributed by atoms with van der Waals surface area (Å²) in [6.45, 7) is 28.4. The number of ether oxygens (including phenoxy) is 2. The number of aliphatic hydroxyl groups excluding tert-OH is 1. The van der Waals surface area contributed by atoms with Gasteiger partial charge in [0, 0.05) is 0 Å². The molecule has 0 aromatic heterocycles. The van der Waals surface area contributed by atoms with E-state index < -0.39 is 28.5 Å². The summed E-state index contributed by atoms with van der Waals surface area (Å²) in [7, 11) is -4.21. The summed E-state index contributed by atoms with van der Waals surface area (Å²) in [4.78, 5) is 0. The summed E-state index contributed by atoms with van der Waals surface area (Å²) >= 11 is 0. The molecule has 0 radical (unpaired) electrons. The van der Waals surface area contributed by atoms with E-state index in [-0.39, 0.29) is 34.5 Å². The maximum absolute atomic E-state index is 10.8. The molecule has 0 amide bonds. The molecule has 31 heavy (non-hydrogen) atoms. The average Bonchev–Trinajstić information content (AvgIpc) is 2.89. The highest BCUT2D eigenvalue weighted by Crippen LogP contribution is 2.46. The van der Waals surface area contributed by atoms with E-state index in [0.717, 1.165) is 5.57 Å². The molecule has 182 valence electrons. The van der Waals surface area contributed by atoms with Gasteiger partial charge in [-0.15, -0.1) is 0 Å². The van der Waals surface area contributed by atoms with Gasteiger partial charge in [0.2, 0.25) is 0 Å². The lowest BCUT2D eigenvalue weighted by Crippen LogP contribution is -2.59. The normalized spacial score (nSPS) is 30.7. The Balaban J connectivity index is 2.56. The van der Waals surface area contributed by atoms with Crippen molar-refractivity contribution in [2.45, 2.75) is 141 Å². The van der Waals surface area contributed by atoms with Crippen LogP contribution in [0.5, 0.6) is 0 Å². The van der Waals surface area contributed by atoms with Gasteiger partial charge >= 0.3 is 0 Å². The number of fused-ring (bicyclic) bond motifs is 1. The third-order valence-corrected chi connectivity index (χ3v) is 16.7. The maximum atomic E-state index is 10.8. The van der Waals surface area contributed by atoms with Gasteiger partial charge in [-0.1, -0.05) is 48.5 Å². The zero-order chi connectivity index (χ0) is 24.2. The van der Waals surface area contributed by atoms with Crippen LogP contribution in [0.25, 0.3) is 0 Å². The van der Waals surface area contributed by atoms with E-state index in [1.54, 1.807) is 0 Å². The van der Waals surface area contributed by atoms with Gasteiger partial charge in [0.05, 0.1) is 12.2 Å². The predicted molar refractivity (Wildman–Crippen MR) is 132 cm³/mol. The third-order valence-electron chi connectivity index (χ3n) is 7.71. The first-order valence-corrected chi connectivity index (χ1v) is 17.6. The molecular formula is C24H48O5Si2. The number of aliphatic hydroxyl groups is 1. The van der Waals surface area contributed by atoms with Gasteiger partial charge in [-0.05, 0) is 68.2 Å². The summed E-state index contributed by atoms with van der Waals surface area (Å²) in [5.41, 5.74) is 0.872. The molecule has 0 spiro atoms. The highest BCUT2D eigenvalue weighted by atomic mass is 28.4. The van der Waals surface area contributed by atoms with E-state index in [4.69, 9.17) is 18.3 Å². The molecule has 7 heteroatoms. The average molecular weight is 473 g/mol. The molecule has 1 saturated heterocycles. The Morgan fingerprint density at radius 1 is 0.968 bits per heavy atom. The van der Waals surface area contributed by atoms with Crippen LogP contribution in [0.4, 0.5) is 0 Å². The highest BCUT2D eigenvalue weighted by Gasteiger charge is 2.56. The number of hydrogen-bond donors (Lipinski definition) is 1. The predicted octanol–water partition coefficient (Wildman–Crippen LogP) is 6.00. The van der Waals surface area contributed by atoms with Crippen LogP contribution in [-0.2, 0) is 18.3 Å². The second-order valence-corrected chi connectivity index (χ2v) is 22.3. The first kappa shape index (κ1) is 27.2. The molecule has 0 bridgehead atoms. The van der Waals surface area contributed by atoms with Crippen molar-refractivity contribution in [2.24, 2.45) is 0 Å². The molecular weight excluding hydrogens is 424 g/mol. The van der Waals surface area contributed by atoms with E-state index in [1.807, 2.05) is 20.8 Å². The largest absolute Gasteiger partial charge is 0.408 e. The van der Waals surface area contributed by atoms with Crippen LogP contribution in [0.1, 0.15) is 68.7 Å². The topological polar surface area (TPSA) is 57.2 Å². The van der Waals surface area contributed by atoms with Crippen molar-refractivity contribution in [3.05, 3.63) is 11.6 Å². The maximum Gasteiger partial charge on any atom is 0.193 e. The zero-order valence-corrected chi connectivity index (χ0v) is 24.3. The second kappa shape index (κ2) is 8.64. The Morgan fingerprint density at radius 3 is 1.90 bits per heavy atom. The van der Waals surface area contributed by atoms with E-state index in [0.29, 0.717) is 6.42 Å². The lowest BCUT2D eigenvalue weighted by Gasteiger charge is -2.48. The SMILES string of the molecule is CCC(O)C1=C[C@H](O[Si](C)(C)C(C)(C)C)[C@@H](O[Si](C)(C)C(C)(C)C)[C@@H]2OC(C)(C)O[C@H]12. The van der Waals surface area contributed by atoms with Gasteiger partial charge in [0.15, 0.2) is 22.4 Å².